The summed E-state index contributed by atoms with van der Waals surface area (Å²) in [5.41, 5.74) is 20.7. The molecule has 0 saturated heterocycles. The number of esters is 5. The lowest BCUT2D eigenvalue weighted by Gasteiger charge is -2.21. The van der Waals surface area contributed by atoms with Gasteiger partial charge in [-0.3, -0.25) is 69.0 Å². The number of amides is 1. The summed E-state index contributed by atoms with van der Waals surface area (Å²) in [6, 6.07) is 24.4. The van der Waals surface area contributed by atoms with Gasteiger partial charge in [0.05, 0.1) is 92.2 Å². The van der Waals surface area contributed by atoms with Crippen LogP contribution >= 0.6 is 31.9 Å². The van der Waals surface area contributed by atoms with Gasteiger partial charge >= 0.3 is 68.9 Å². The topological polar surface area (TPSA) is 484 Å². The second-order valence-electron chi connectivity index (χ2n) is 25.3. The lowest BCUT2D eigenvalue weighted by Crippen LogP contribution is -2.32. The minimum Gasteiger partial charge on any atom is -0.535 e. The summed E-state index contributed by atoms with van der Waals surface area (Å²) in [7, 11) is 2.97. The van der Waals surface area contributed by atoms with Gasteiger partial charge in [0.25, 0.3) is 5.95 Å². The van der Waals surface area contributed by atoms with E-state index < -0.39 is 127 Å². The number of carboxylic acid groups (broad SMARTS) is 1. The van der Waals surface area contributed by atoms with Crippen LogP contribution < -0.4 is 57.3 Å². The van der Waals surface area contributed by atoms with E-state index in [-0.39, 0.29) is 82.8 Å². The van der Waals surface area contributed by atoms with Crippen molar-refractivity contribution in [3.05, 3.63) is 189 Å². The van der Waals surface area contributed by atoms with Crippen molar-refractivity contribution in [2.75, 3.05) is 57.9 Å². The molecule has 0 unspecified atom stereocenters. The summed E-state index contributed by atoms with van der Waals surface area (Å²) in [6.45, 7) is 0.0427. The van der Waals surface area contributed by atoms with Crippen LogP contribution in [0.2, 0.25) is 39.3 Å². The number of halogens is 15. The summed E-state index contributed by atoms with van der Waals surface area (Å²) in [5.74, 6) is -3.53. The molecule has 127 heavy (non-hydrogen) atoms. The van der Waals surface area contributed by atoms with Gasteiger partial charge in [-0.15, -0.1) is 0 Å². The number of hydrogen-bond acceptors (Lipinski definition) is 33. The molecule has 0 aliphatic carbocycles. The number of nitrogen functional groups attached to an aromatic ring is 3. The van der Waals surface area contributed by atoms with E-state index in [4.69, 9.17) is 26.8 Å². The van der Waals surface area contributed by atoms with Crippen molar-refractivity contribution in [3.63, 3.8) is 0 Å². The Kier molecular flexibility index (Phi) is 48.9. The fourth-order valence-corrected chi connectivity index (χ4v) is 11.8. The number of nitrogens with zero attached hydrogens (tertiary/aromatic N) is 10. The standard InChI is InChI=1S/C18H14BrF3N6O2.C11H11F2NO5.C10H9BrFN5.C9H9F2NO3.C8H7F2NO3.C8H21NOSi2.C6H4F3NO.C5H8O4/c19-14-15(9-3-5-10(20)6-4-9)25-18(23)26-16(14)28-27-13(29)8-11-12(30-17(21)22)2-1-7-24-11;1-17-9(15)7(10(16)18-2)8-6(19-11(12)13)4-3-5-14-8;11-7-8(5-1-3-6(12)4-2-5)15-10(13)16-9(7)17-14;1-14-8(13)5-6-7(15-9(10)11)3-2-4-12-6;9-8(10)14-6-2-1-3-11-5(6)4-7(12)13;1-8(9-11(2,3)4)10-12(5,6)7;7-5-4(11-6(8)9)2-1-3-10-5;1-8-4(6)3-5(7)9-2/h1-7,17H,8H2,(H,27,29)(H3,23,25,26,28);3-5,7,11H,1-2H3;1-4H,14H2,(H3,13,15,16,17);2-4,9H,5H2,1H3;1-3,8H,4H2,(H,12,13);1-7H3;1-3,6H;3H2,1-2H3. The fraction of sp³-hybridized carbons (Fsp3) is 0.293. The lowest BCUT2D eigenvalue weighted by molar-refractivity contribution is -0.155. The van der Waals surface area contributed by atoms with E-state index in [0.717, 1.165) is 38.4 Å². The summed E-state index contributed by atoms with van der Waals surface area (Å²) in [5, 5.41) is 8.44. The number of hydrazine groups is 2. The molecule has 0 aliphatic heterocycles. The van der Waals surface area contributed by atoms with Crippen LogP contribution in [-0.2, 0) is 80.9 Å². The molecule has 0 atom stereocenters. The molecule has 0 bridgehead atoms. The van der Waals surface area contributed by atoms with Gasteiger partial charge in [-0.1, -0.05) is 0 Å². The maximum Gasteiger partial charge on any atom is 0.387 e. The molecule has 0 saturated carbocycles. The minimum atomic E-state index is -3.11. The molecule has 2 aromatic carbocycles. The first kappa shape index (κ1) is 110. The van der Waals surface area contributed by atoms with Crippen molar-refractivity contribution in [1.82, 2.24) is 50.3 Å². The fourth-order valence-electron chi connectivity index (χ4n) is 8.79. The van der Waals surface area contributed by atoms with Crippen molar-refractivity contribution < 1.29 is 148 Å². The number of carbonyl (C=O) groups excluding carboxylic acids is 6. The zero-order valence-electron chi connectivity index (χ0n) is 68.7. The Bertz CT molecular complexity index is 4990. The highest BCUT2D eigenvalue weighted by Crippen LogP contribution is 2.35. The minimum absolute atomic E-state index is 0.0136. The normalized spacial score (nSPS) is 10.6. The van der Waals surface area contributed by atoms with Crippen molar-refractivity contribution >= 4 is 120 Å². The largest absolute Gasteiger partial charge is 0.535 e. The number of hydrogen-bond donors (Lipinski definition) is 7. The van der Waals surface area contributed by atoms with Crippen molar-refractivity contribution in [1.29, 1.82) is 0 Å². The number of nitrogens with two attached hydrogens (primary N) is 3. The molecule has 9 aromatic rings. The lowest BCUT2D eigenvalue weighted by atomic mass is 10.0. The van der Waals surface area contributed by atoms with E-state index in [1.807, 2.05) is 6.92 Å². The number of benzene rings is 2. The molecule has 10 N–H and O–H groups in total. The van der Waals surface area contributed by atoms with Gasteiger partial charge in [0.1, 0.15) is 46.7 Å². The zero-order valence-corrected chi connectivity index (χ0v) is 73.9. The number of carboxylic acids is 1. The van der Waals surface area contributed by atoms with Gasteiger partial charge in [-0.2, -0.15) is 58.3 Å². The average molecular weight is 1980 g/mol. The Labute approximate surface area is 733 Å². The molecule has 0 spiro atoms. The van der Waals surface area contributed by atoms with Crippen molar-refractivity contribution in [2.24, 2.45) is 10.5 Å². The van der Waals surface area contributed by atoms with Crippen LogP contribution in [0.5, 0.6) is 28.7 Å². The van der Waals surface area contributed by atoms with Crippen molar-refractivity contribution in [2.45, 2.75) is 111 Å². The van der Waals surface area contributed by atoms with Gasteiger partial charge in [0.2, 0.25) is 26.1 Å². The first-order chi connectivity index (χ1) is 59.7. The summed E-state index contributed by atoms with van der Waals surface area (Å²) in [4.78, 5) is 111. The molecule has 35 nitrogen and oxygen atoms in total. The van der Waals surface area contributed by atoms with Gasteiger partial charge in [0, 0.05) is 49.0 Å². The number of nitrogens with one attached hydrogen (secondary N) is 3. The smallest absolute Gasteiger partial charge is 0.387 e. The predicted octanol–water partition coefficient (Wildman–Crippen LogP) is 13.7. The van der Waals surface area contributed by atoms with Crippen LogP contribution in [0.1, 0.15) is 42.0 Å². The van der Waals surface area contributed by atoms with Crippen LogP contribution in [0.25, 0.3) is 22.5 Å². The van der Waals surface area contributed by atoms with E-state index in [2.05, 4.69) is 184 Å². The highest BCUT2D eigenvalue weighted by molar-refractivity contribution is 9.11. The molecule has 1 amide bonds. The Hall–Kier alpha value is -13.2. The van der Waals surface area contributed by atoms with E-state index in [9.17, 15) is 90.6 Å². The van der Waals surface area contributed by atoms with E-state index in [1.54, 1.807) is 12.1 Å². The summed E-state index contributed by atoms with van der Waals surface area (Å²) in [6.07, 6.45) is 5.15. The third kappa shape index (κ3) is 44.3. The van der Waals surface area contributed by atoms with Crippen LogP contribution in [-0.4, -0.2) is 183 Å². The molecule has 0 radical (unpaired) electrons. The summed E-state index contributed by atoms with van der Waals surface area (Å²) >= 11 is 6.64. The van der Waals surface area contributed by atoms with Crippen LogP contribution in [0.4, 0.5) is 80.6 Å². The number of anilines is 4. The predicted molar refractivity (Wildman–Crippen MR) is 440 cm³/mol. The Morgan fingerprint density at radius 3 is 1.19 bits per heavy atom. The van der Waals surface area contributed by atoms with Crippen LogP contribution in [0.15, 0.2) is 154 Å². The van der Waals surface area contributed by atoms with Gasteiger partial charge in [-0.05, 0) is 180 Å². The number of pyridine rings is 5. The molecule has 52 heteroatoms. The van der Waals surface area contributed by atoms with Crippen LogP contribution in [0.3, 0.4) is 0 Å². The first-order valence-electron chi connectivity index (χ1n) is 35.3. The molecule has 690 valence electrons. The molecule has 7 heterocycles. The highest BCUT2D eigenvalue weighted by atomic mass is 79.9. The van der Waals surface area contributed by atoms with Crippen molar-refractivity contribution in [3.8, 4) is 51.3 Å². The number of ether oxygens (including phenoxy) is 10. The molecule has 9 rings (SSSR count). The maximum absolute atomic E-state index is 13.2. The van der Waals surface area contributed by atoms with Gasteiger partial charge in [0.15, 0.2) is 37.4 Å². The third-order valence-corrected chi connectivity index (χ3v) is 17.0. The zero-order chi connectivity index (χ0) is 95.8. The van der Waals surface area contributed by atoms with E-state index >= 15 is 0 Å². The highest BCUT2D eigenvalue weighted by Gasteiger charge is 2.35. The Morgan fingerprint density at radius 2 is 0.819 bits per heavy atom. The number of carbonyl (C=O) groups is 7. The third-order valence-electron chi connectivity index (χ3n) is 13.6. The Balaban J connectivity index is 0.000000506. The average Bonchev–Trinajstić information content (AvgIpc) is 0.816. The molecule has 0 aliphatic rings. The number of rotatable bonds is 28. The Morgan fingerprint density at radius 1 is 0.465 bits per heavy atom. The van der Waals surface area contributed by atoms with E-state index in [1.165, 1.54) is 131 Å². The second-order valence-corrected chi connectivity index (χ2v) is 35.8. The first-order valence-corrected chi connectivity index (χ1v) is 43.8. The molecular weight excluding hydrogens is 1890 g/mol. The number of aromatic nitrogens is 9. The monoisotopic (exact) mass is 1970 g/mol. The summed E-state index contributed by atoms with van der Waals surface area (Å²) < 4.78 is 212. The SMILES string of the molecule is CC(=N[Si](C)(C)C)O[Si](C)(C)C.COC(=O)C(C(=O)OC)c1ncccc1OC(F)F.COC(=O)CC(=O)OC.COC(=O)Cc1ncccc1OC(F)F.Fc1ncccc1OC(F)F.NNc1nc(N)nc(-c2ccc(F)cc2)c1Br.Nc1nc(NNC(=O)Cc2ncccc2OC(F)F)c(Br)c(-c2ccc(F)cc2)n1.O=C(O)Cc1ncccc1OC(F)F. The maximum atomic E-state index is 13.2. The second kappa shape index (κ2) is 56.6. The number of methoxy groups -OCH3 is 5. The van der Waals surface area contributed by atoms with Gasteiger partial charge in [-0.25, -0.2) is 29.6 Å². The number of aliphatic carboxylic acids is 1. The van der Waals surface area contributed by atoms with Gasteiger partial charge < -0.3 is 73.8 Å². The quantitative estimate of drug-likeness (QED) is 0.00229. The molecule has 7 aromatic heterocycles. The molecule has 0 fully saturated rings. The number of alkyl halides is 10. The van der Waals surface area contributed by atoms with E-state index in [0.29, 0.717) is 37.3 Å². The van der Waals surface area contributed by atoms with Crippen LogP contribution in [0, 0.1) is 17.6 Å². The molecular formula is C75H83Br2F13N16O19Si2.